The normalized spacial score (nSPS) is 22.7. The van der Waals surface area contributed by atoms with Crippen LogP contribution >= 0.6 is 0 Å². The van der Waals surface area contributed by atoms with Crippen molar-refractivity contribution in [2.45, 2.75) is 45.1 Å². The van der Waals surface area contributed by atoms with Crippen molar-refractivity contribution in [3.8, 4) is 0 Å². The lowest BCUT2D eigenvalue weighted by molar-refractivity contribution is 0.0191. The van der Waals surface area contributed by atoms with E-state index in [1.54, 1.807) is 12.4 Å². The third kappa shape index (κ3) is 3.48. The van der Waals surface area contributed by atoms with E-state index < -0.39 is 0 Å². The van der Waals surface area contributed by atoms with E-state index in [0.717, 1.165) is 64.1 Å². The summed E-state index contributed by atoms with van der Waals surface area (Å²) in [5.41, 5.74) is 4.47. The molecule has 1 atom stereocenters. The first-order valence-corrected chi connectivity index (χ1v) is 10.5. The first-order chi connectivity index (χ1) is 14.1. The van der Waals surface area contributed by atoms with E-state index in [1.165, 1.54) is 11.1 Å². The molecule has 2 aromatic heterocycles. The molecule has 0 aromatic carbocycles. The zero-order valence-electron chi connectivity index (χ0n) is 16.9. The highest BCUT2D eigenvalue weighted by atomic mass is 16.5. The van der Waals surface area contributed by atoms with E-state index in [0.29, 0.717) is 11.5 Å². The van der Waals surface area contributed by atoms with E-state index in [2.05, 4.69) is 27.2 Å². The van der Waals surface area contributed by atoms with Gasteiger partial charge in [-0.1, -0.05) is 0 Å². The smallest absolute Gasteiger partial charge is 0.257 e. The second-order valence-corrected chi connectivity index (χ2v) is 8.61. The van der Waals surface area contributed by atoms with Gasteiger partial charge in [0, 0.05) is 50.6 Å². The van der Waals surface area contributed by atoms with Crippen LogP contribution in [0.5, 0.6) is 0 Å². The molecular formula is C22H27N5O2. The maximum Gasteiger partial charge on any atom is 0.257 e. The number of nitrogens with one attached hydrogen (secondary N) is 1. The first kappa shape index (κ1) is 18.5. The minimum Gasteiger partial charge on any atom is -0.381 e. The van der Waals surface area contributed by atoms with Crippen LogP contribution in [-0.4, -0.2) is 52.1 Å². The largest absolute Gasteiger partial charge is 0.381 e. The molecule has 7 nitrogen and oxygen atoms in total. The van der Waals surface area contributed by atoms with Crippen molar-refractivity contribution in [3.63, 3.8) is 0 Å². The molecule has 7 heteroatoms. The number of nitrogens with zero attached hydrogens (tertiary/aromatic N) is 4. The Labute approximate surface area is 170 Å². The second-order valence-electron chi connectivity index (χ2n) is 8.61. The van der Waals surface area contributed by atoms with Gasteiger partial charge in [0.05, 0.1) is 11.6 Å². The fourth-order valence-electron chi connectivity index (χ4n) is 5.04. The van der Waals surface area contributed by atoms with E-state index in [9.17, 15) is 4.79 Å². The van der Waals surface area contributed by atoms with Crippen LogP contribution < -0.4 is 5.32 Å². The highest BCUT2D eigenvalue weighted by Crippen LogP contribution is 2.40. The molecule has 5 rings (SSSR count). The van der Waals surface area contributed by atoms with Gasteiger partial charge in [0.1, 0.15) is 0 Å². The maximum atomic E-state index is 12.9. The zero-order valence-corrected chi connectivity index (χ0v) is 16.9. The molecule has 1 aliphatic carbocycles. The summed E-state index contributed by atoms with van der Waals surface area (Å²) in [6.45, 7) is 5.37. The molecule has 2 saturated heterocycles. The monoisotopic (exact) mass is 393 g/mol. The number of aryl methyl sites for hydroxylation is 2. The Morgan fingerprint density at radius 2 is 2.00 bits per heavy atom. The summed E-state index contributed by atoms with van der Waals surface area (Å²) >= 11 is 0. The van der Waals surface area contributed by atoms with Crippen LogP contribution in [0.2, 0.25) is 0 Å². The van der Waals surface area contributed by atoms with Gasteiger partial charge in [0.25, 0.3) is 5.91 Å². The van der Waals surface area contributed by atoms with Crippen LogP contribution in [0.4, 0.5) is 5.95 Å². The Morgan fingerprint density at radius 3 is 2.79 bits per heavy atom. The molecule has 29 heavy (non-hydrogen) atoms. The fraction of sp³-hybridized carbons (Fsp3) is 0.545. The molecule has 0 bridgehead atoms. The number of carbonyl (C=O) groups is 1. The van der Waals surface area contributed by atoms with Gasteiger partial charge in [-0.25, -0.2) is 9.97 Å². The van der Waals surface area contributed by atoms with Gasteiger partial charge in [-0.05, 0) is 61.6 Å². The summed E-state index contributed by atoms with van der Waals surface area (Å²) in [5.74, 6) is 0.594. The van der Waals surface area contributed by atoms with Crippen molar-refractivity contribution in [1.29, 1.82) is 0 Å². The highest BCUT2D eigenvalue weighted by Gasteiger charge is 2.41. The minimum atomic E-state index is 0.0335. The molecule has 1 amide bonds. The van der Waals surface area contributed by atoms with Crippen molar-refractivity contribution in [2.75, 3.05) is 31.6 Å². The molecular weight excluding hydrogens is 366 g/mol. The number of ether oxygens (including phenoxy) is 1. The number of hydrogen-bond donors (Lipinski definition) is 1. The molecule has 4 heterocycles. The third-order valence-corrected chi connectivity index (χ3v) is 6.79. The Morgan fingerprint density at radius 1 is 1.21 bits per heavy atom. The molecule has 2 aromatic rings. The van der Waals surface area contributed by atoms with Gasteiger partial charge in [0.2, 0.25) is 5.95 Å². The Hall–Kier alpha value is -2.54. The molecule has 0 saturated carbocycles. The van der Waals surface area contributed by atoms with Crippen LogP contribution in [-0.2, 0) is 11.2 Å². The lowest BCUT2D eigenvalue weighted by Crippen LogP contribution is -2.35. The lowest BCUT2D eigenvalue weighted by Gasteiger charge is -2.33. The summed E-state index contributed by atoms with van der Waals surface area (Å²) < 4.78 is 5.50. The van der Waals surface area contributed by atoms with E-state index in [-0.39, 0.29) is 17.4 Å². The Balaban J connectivity index is 1.25. The molecule has 2 aliphatic heterocycles. The van der Waals surface area contributed by atoms with Crippen molar-refractivity contribution in [2.24, 2.45) is 5.41 Å². The topological polar surface area (TPSA) is 80.2 Å². The number of amides is 1. The SMILES string of the molecule is Cc1ccnc2c1C(Nc1ncc(C(=O)N3CCC4(CCOCC4)C3)cn1)CC2. The van der Waals surface area contributed by atoms with Crippen LogP contribution in [0.3, 0.4) is 0 Å². The Bertz CT molecular complexity index is 908. The molecule has 0 radical (unpaired) electrons. The number of rotatable bonds is 3. The summed E-state index contributed by atoms with van der Waals surface area (Å²) in [7, 11) is 0. The molecule has 152 valence electrons. The summed E-state index contributed by atoms with van der Waals surface area (Å²) in [5, 5.41) is 3.42. The maximum absolute atomic E-state index is 12.9. The summed E-state index contributed by atoms with van der Waals surface area (Å²) in [4.78, 5) is 28.2. The van der Waals surface area contributed by atoms with Gasteiger partial charge in [-0.15, -0.1) is 0 Å². The molecule has 2 fully saturated rings. The van der Waals surface area contributed by atoms with E-state index in [1.807, 2.05) is 17.2 Å². The second kappa shape index (κ2) is 7.37. The number of fused-ring (bicyclic) bond motifs is 1. The predicted octanol–water partition coefficient (Wildman–Crippen LogP) is 2.92. The van der Waals surface area contributed by atoms with Gasteiger partial charge in [-0.2, -0.15) is 0 Å². The van der Waals surface area contributed by atoms with Gasteiger partial charge < -0.3 is 15.0 Å². The summed E-state index contributed by atoms with van der Waals surface area (Å²) in [6, 6.07) is 2.22. The van der Waals surface area contributed by atoms with E-state index >= 15 is 0 Å². The number of hydrogen-bond acceptors (Lipinski definition) is 6. The van der Waals surface area contributed by atoms with Gasteiger partial charge >= 0.3 is 0 Å². The quantitative estimate of drug-likeness (QED) is 0.864. The third-order valence-electron chi connectivity index (χ3n) is 6.79. The average Bonchev–Trinajstić information content (AvgIpc) is 3.34. The van der Waals surface area contributed by atoms with Crippen molar-refractivity contribution in [3.05, 3.63) is 47.0 Å². The number of pyridine rings is 1. The van der Waals surface area contributed by atoms with Gasteiger partial charge in [-0.3, -0.25) is 9.78 Å². The molecule has 3 aliphatic rings. The average molecular weight is 393 g/mol. The van der Waals surface area contributed by atoms with Crippen molar-refractivity contribution < 1.29 is 9.53 Å². The first-order valence-electron chi connectivity index (χ1n) is 10.5. The van der Waals surface area contributed by atoms with Crippen LogP contribution in [0, 0.1) is 12.3 Å². The van der Waals surface area contributed by atoms with Crippen LogP contribution in [0.25, 0.3) is 0 Å². The van der Waals surface area contributed by atoms with Crippen LogP contribution in [0.1, 0.15) is 58.9 Å². The number of anilines is 1. The highest BCUT2D eigenvalue weighted by molar-refractivity contribution is 5.94. The lowest BCUT2D eigenvalue weighted by atomic mass is 9.80. The zero-order chi connectivity index (χ0) is 19.8. The van der Waals surface area contributed by atoms with Crippen molar-refractivity contribution in [1.82, 2.24) is 19.9 Å². The number of likely N-dealkylation sites (tertiary alicyclic amines) is 1. The Kier molecular flexibility index (Phi) is 4.70. The predicted molar refractivity (Wildman–Crippen MR) is 109 cm³/mol. The molecule has 1 unspecified atom stereocenters. The molecule has 1 spiro atoms. The standard InChI is InChI=1S/C22H27N5O2/c1-15-4-8-23-17-2-3-18(19(15)17)26-21-24-12-16(13-25-21)20(28)27-9-5-22(14-27)6-10-29-11-7-22/h4,8,12-13,18H,2-3,5-7,9-11,14H2,1H3,(H,24,25,26). The van der Waals surface area contributed by atoms with Crippen molar-refractivity contribution >= 4 is 11.9 Å². The number of carbonyl (C=O) groups excluding carboxylic acids is 1. The fourth-order valence-corrected chi connectivity index (χ4v) is 5.04. The minimum absolute atomic E-state index is 0.0335. The summed E-state index contributed by atoms with van der Waals surface area (Å²) in [6.07, 6.45) is 10.3. The van der Waals surface area contributed by atoms with E-state index in [4.69, 9.17) is 4.74 Å². The van der Waals surface area contributed by atoms with Crippen LogP contribution in [0.15, 0.2) is 24.7 Å². The number of aromatic nitrogens is 3. The van der Waals surface area contributed by atoms with Gasteiger partial charge in [0.15, 0.2) is 0 Å². The molecule has 1 N–H and O–H groups in total.